The molecule has 2 unspecified atom stereocenters. The third-order valence-corrected chi connectivity index (χ3v) is 5.65. The van der Waals surface area contributed by atoms with E-state index in [0.29, 0.717) is 35.0 Å². The van der Waals surface area contributed by atoms with Gasteiger partial charge >= 0.3 is 6.09 Å². The van der Waals surface area contributed by atoms with Crippen LogP contribution in [0.25, 0.3) is 16.8 Å². The van der Waals surface area contributed by atoms with E-state index in [-0.39, 0.29) is 23.9 Å². The van der Waals surface area contributed by atoms with Gasteiger partial charge in [-0.2, -0.15) is 5.10 Å². The van der Waals surface area contributed by atoms with Crippen LogP contribution in [-0.2, 0) is 4.74 Å². The average molecular weight is 460 g/mol. The van der Waals surface area contributed by atoms with Gasteiger partial charge in [-0.15, -0.1) is 0 Å². The third-order valence-electron chi connectivity index (χ3n) is 5.42. The number of ether oxygens (including phenoxy) is 1. The molecule has 9 heteroatoms. The van der Waals surface area contributed by atoms with Gasteiger partial charge in [0.05, 0.1) is 23.8 Å². The van der Waals surface area contributed by atoms with Gasteiger partial charge in [0.25, 0.3) is 0 Å². The number of hydrogen-bond acceptors (Lipinski definition) is 5. The first-order valence-electron chi connectivity index (χ1n) is 10.6. The summed E-state index contributed by atoms with van der Waals surface area (Å²) in [5, 5.41) is 4.82. The first-order chi connectivity index (χ1) is 15.0. The van der Waals surface area contributed by atoms with Crippen molar-refractivity contribution in [1.82, 2.24) is 19.5 Å². The molecule has 4 heterocycles. The van der Waals surface area contributed by atoms with E-state index < -0.39 is 11.4 Å². The maximum Gasteiger partial charge on any atom is 0.410 e. The molecule has 0 aliphatic carbocycles. The van der Waals surface area contributed by atoms with Gasteiger partial charge < -0.3 is 9.64 Å². The summed E-state index contributed by atoms with van der Waals surface area (Å²) in [4.78, 5) is 21.2. The predicted molar refractivity (Wildman–Crippen MR) is 123 cm³/mol. The lowest BCUT2D eigenvalue weighted by molar-refractivity contribution is 0.00560. The number of halogens is 2. The van der Waals surface area contributed by atoms with Gasteiger partial charge in [-0.3, -0.25) is 4.90 Å². The number of carbonyl (C=O) groups excluding carboxylic acids is 1. The largest absolute Gasteiger partial charge is 0.444 e. The third kappa shape index (κ3) is 4.37. The molecule has 32 heavy (non-hydrogen) atoms. The van der Waals surface area contributed by atoms with Crippen LogP contribution in [-0.4, -0.2) is 56.4 Å². The Kier molecular flexibility index (Phi) is 5.75. The highest BCUT2D eigenvalue weighted by Crippen LogP contribution is 2.30. The molecule has 2 atom stereocenters. The Hall–Kier alpha value is -2.87. The van der Waals surface area contributed by atoms with E-state index in [1.54, 1.807) is 40.0 Å². The van der Waals surface area contributed by atoms with Crippen LogP contribution in [0.1, 0.15) is 34.6 Å². The first-order valence-corrected chi connectivity index (χ1v) is 11.0. The molecule has 3 aromatic rings. The number of aromatic nitrogens is 3. The molecule has 4 rings (SSSR count). The molecular weight excluding hydrogens is 433 g/mol. The molecule has 0 N–H and O–H groups in total. The quantitative estimate of drug-likeness (QED) is 0.538. The zero-order valence-electron chi connectivity index (χ0n) is 18.8. The number of anilines is 1. The molecule has 0 radical (unpaired) electrons. The van der Waals surface area contributed by atoms with E-state index in [0.717, 1.165) is 0 Å². The van der Waals surface area contributed by atoms with E-state index >= 15 is 0 Å². The number of piperazine rings is 1. The van der Waals surface area contributed by atoms with E-state index in [1.807, 2.05) is 34.6 Å². The fourth-order valence-corrected chi connectivity index (χ4v) is 4.28. The van der Waals surface area contributed by atoms with Crippen molar-refractivity contribution in [1.29, 1.82) is 0 Å². The van der Waals surface area contributed by atoms with Crippen LogP contribution < -0.4 is 4.90 Å². The maximum absolute atomic E-state index is 14.8. The van der Waals surface area contributed by atoms with Gasteiger partial charge in [0.2, 0.25) is 0 Å². The molecule has 1 aliphatic heterocycles. The van der Waals surface area contributed by atoms with Crippen LogP contribution in [0.4, 0.5) is 15.0 Å². The average Bonchev–Trinajstić information content (AvgIpc) is 3.09. The second-order valence-corrected chi connectivity index (χ2v) is 9.66. The summed E-state index contributed by atoms with van der Waals surface area (Å²) in [7, 11) is 0. The van der Waals surface area contributed by atoms with Crippen LogP contribution in [0.2, 0.25) is 5.02 Å². The minimum absolute atomic E-state index is 0.0975. The number of carbonyl (C=O) groups is 1. The highest BCUT2D eigenvalue weighted by atomic mass is 35.5. The molecule has 1 aliphatic rings. The van der Waals surface area contributed by atoms with Gasteiger partial charge in [0.1, 0.15) is 22.9 Å². The number of amides is 1. The molecule has 0 spiro atoms. The van der Waals surface area contributed by atoms with Crippen molar-refractivity contribution < 1.29 is 13.9 Å². The Labute approximate surface area is 191 Å². The van der Waals surface area contributed by atoms with Crippen molar-refractivity contribution in [3.05, 3.63) is 47.5 Å². The van der Waals surface area contributed by atoms with E-state index in [2.05, 4.69) is 15.0 Å². The summed E-state index contributed by atoms with van der Waals surface area (Å²) in [6.07, 6.45) is 2.99. The van der Waals surface area contributed by atoms with E-state index in [4.69, 9.17) is 16.3 Å². The zero-order valence-corrected chi connectivity index (χ0v) is 19.6. The van der Waals surface area contributed by atoms with Gasteiger partial charge in [-0.1, -0.05) is 11.6 Å². The minimum atomic E-state index is -0.557. The molecule has 0 aromatic carbocycles. The van der Waals surface area contributed by atoms with Crippen molar-refractivity contribution in [3.8, 4) is 11.3 Å². The molecular formula is C23H27ClFN5O2. The smallest absolute Gasteiger partial charge is 0.410 e. The first kappa shape index (κ1) is 22.3. The molecule has 3 aromatic heterocycles. The van der Waals surface area contributed by atoms with Crippen LogP contribution >= 0.6 is 11.6 Å². The lowest BCUT2D eigenvalue weighted by Gasteiger charge is -2.45. The van der Waals surface area contributed by atoms with Crippen molar-refractivity contribution in [2.45, 2.75) is 52.3 Å². The number of fused-ring (bicyclic) bond motifs is 1. The zero-order chi connectivity index (χ0) is 23.2. The monoisotopic (exact) mass is 459 g/mol. The fourth-order valence-electron chi connectivity index (χ4n) is 4.12. The van der Waals surface area contributed by atoms with Gasteiger partial charge in [-0.25, -0.2) is 18.7 Å². The van der Waals surface area contributed by atoms with Crippen molar-refractivity contribution in [2.24, 2.45) is 0 Å². The molecule has 7 nitrogen and oxygen atoms in total. The van der Waals surface area contributed by atoms with E-state index in [1.165, 1.54) is 6.07 Å². The maximum atomic E-state index is 14.8. The Morgan fingerprint density at radius 3 is 2.53 bits per heavy atom. The van der Waals surface area contributed by atoms with Crippen LogP contribution in [0.5, 0.6) is 0 Å². The predicted octanol–water partition coefficient (Wildman–Crippen LogP) is 5.02. The number of nitrogens with zero attached hydrogens (tertiary/aromatic N) is 5. The van der Waals surface area contributed by atoms with Gasteiger partial charge in [0, 0.05) is 29.9 Å². The molecule has 1 saturated heterocycles. The summed E-state index contributed by atoms with van der Waals surface area (Å²) >= 11 is 6.13. The van der Waals surface area contributed by atoms with Crippen molar-refractivity contribution in [3.63, 3.8) is 0 Å². The Balaban J connectivity index is 1.62. The number of rotatable bonds is 2. The second-order valence-electron chi connectivity index (χ2n) is 9.22. The lowest BCUT2D eigenvalue weighted by Crippen LogP contribution is -2.59. The molecule has 0 bridgehead atoms. The molecule has 1 fully saturated rings. The van der Waals surface area contributed by atoms with Crippen LogP contribution in [0.3, 0.4) is 0 Å². The summed E-state index contributed by atoms with van der Waals surface area (Å²) in [5.41, 5.74) is 0.908. The fraction of sp³-hybridized carbons (Fsp3) is 0.435. The number of pyridine rings is 2. The van der Waals surface area contributed by atoms with E-state index in [9.17, 15) is 9.18 Å². The summed E-state index contributed by atoms with van der Waals surface area (Å²) in [6.45, 7) is 10.6. The highest BCUT2D eigenvalue weighted by molar-refractivity contribution is 6.31. The minimum Gasteiger partial charge on any atom is -0.444 e. The normalized spacial score (nSPS) is 19.5. The summed E-state index contributed by atoms with van der Waals surface area (Å²) in [6, 6.07) is 6.35. The number of hydrogen-bond donors (Lipinski definition) is 0. The Morgan fingerprint density at radius 1 is 1.19 bits per heavy atom. The van der Waals surface area contributed by atoms with Crippen LogP contribution in [0.15, 0.2) is 36.7 Å². The SMILES string of the molecule is CC1CN(c2ccc(F)c(-c3cnn4ccc(Cl)cc34)n2)CC(C)N1C(=O)OC(C)(C)C. The van der Waals surface area contributed by atoms with Crippen molar-refractivity contribution >= 4 is 29.0 Å². The van der Waals surface area contributed by atoms with Gasteiger partial charge in [-0.05, 0) is 58.9 Å². The van der Waals surface area contributed by atoms with Gasteiger partial charge in [0.15, 0.2) is 0 Å². The summed E-state index contributed by atoms with van der Waals surface area (Å²) in [5.74, 6) is 0.211. The summed E-state index contributed by atoms with van der Waals surface area (Å²) < 4.78 is 22.0. The van der Waals surface area contributed by atoms with Crippen molar-refractivity contribution in [2.75, 3.05) is 18.0 Å². The van der Waals surface area contributed by atoms with Crippen LogP contribution in [0, 0.1) is 5.82 Å². The second kappa shape index (κ2) is 8.24. The molecule has 0 saturated carbocycles. The molecule has 1 amide bonds. The Bertz CT molecular complexity index is 1150. The highest BCUT2D eigenvalue weighted by Gasteiger charge is 2.36. The standard InChI is InChI=1S/C23H27ClFN5O2/c1-14-12-28(13-15(2)30(14)22(31)32-23(3,4)5)20-7-6-18(25)21(27-20)17-11-26-29-9-8-16(24)10-19(17)29/h6-11,14-15H,12-13H2,1-5H3. The molecule has 170 valence electrons. The topological polar surface area (TPSA) is 63.0 Å². The lowest BCUT2D eigenvalue weighted by atomic mass is 10.1. The Morgan fingerprint density at radius 2 is 1.88 bits per heavy atom.